The molecular weight excluding hydrogens is 186 g/mol. The number of ether oxygens (including phenoxy) is 1. The minimum Gasteiger partial charge on any atom is -0.481 e. The highest BCUT2D eigenvalue weighted by atomic mass is 16.5. The zero-order valence-electron chi connectivity index (χ0n) is 8.74. The Hall–Kier alpha value is -1.26. The van der Waals surface area contributed by atoms with Gasteiger partial charge in [-0.05, 0) is 5.92 Å². The third-order valence-corrected chi connectivity index (χ3v) is 1.52. The van der Waals surface area contributed by atoms with Crippen molar-refractivity contribution in [2.45, 2.75) is 20.8 Å². The van der Waals surface area contributed by atoms with E-state index in [4.69, 9.17) is 9.84 Å². The van der Waals surface area contributed by atoms with Gasteiger partial charge in [0.2, 0.25) is 0 Å². The zero-order chi connectivity index (χ0) is 11.1. The van der Waals surface area contributed by atoms with E-state index in [1.54, 1.807) is 0 Å². The molecule has 5 heteroatoms. The van der Waals surface area contributed by atoms with Gasteiger partial charge in [-0.3, -0.25) is 4.79 Å². The van der Waals surface area contributed by atoms with Gasteiger partial charge in [0.1, 0.15) is 0 Å². The molecule has 0 bridgehead atoms. The molecule has 0 aliphatic rings. The molecule has 1 unspecified atom stereocenters. The van der Waals surface area contributed by atoms with Crippen molar-refractivity contribution in [3.8, 4) is 0 Å². The van der Waals surface area contributed by atoms with Crippen molar-refractivity contribution < 1.29 is 19.4 Å². The molecule has 0 aliphatic heterocycles. The average molecular weight is 203 g/mol. The summed E-state index contributed by atoms with van der Waals surface area (Å²) in [6.07, 6.45) is -0.563. The van der Waals surface area contributed by atoms with Gasteiger partial charge in [-0.15, -0.1) is 0 Å². The molecule has 2 N–H and O–H groups in total. The SMILES string of the molecule is CC(C)COC(=O)NCC(C)C(=O)O. The summed E-state index contributed by atoms with van der Waals surface area (Å²) >= 11 is 0. The Morgan fingerprint density at radius 3 is 2.36 bits per heavy atom. The van der Waals surface area contributed by atoms with Gasteiger partial charge in [0.15, 0.2) is 0 Å². The van der Waals surface area contributed by atoms with E-state index in [0.29, 0.717) is 6.61 Å². The Labute approximate surface area is 83.4 Å². The molecule has 0 aliphatic carbocycles. The second-order valence-corrected chi connectivity index (χ2v) is 3.61. The number of hydrogen-bond acceptors (Lipinski definition) is 3. The number of carbonyl (C=O) groups excluding carboxylic acids is 1. The van der Waals surface area contributed by atoms with Gasteiger partial charge in [-0.1, -0.05) is 20.8 Å². The minimum atomic E-state index is -0.936. The minimum absolute atomic E-state index is 0.0895. The van der Waals surface area contributed by atoms with Crippen molar-refractivity contribution in [2.75, 3.05) is 13.2 Å². The summed E-state index contributed by atoms with van der Waals surface area (Å²) in [6, 6.07) is 0. The lowest BCUT2D eigenvalue weighted by molar-refractivity contribution is -0.140. The van der Waals surface area contributed by atoms with Crippen LogP contribution in [0.3, 0.4) is 0 Å². The van der Waals surface area contributed by atoms with E-state index in [1.165, 1.54) is 6.92 Å². The highest BCUT2D eigenvalue weighted by Crippen LogP contribution is 1.94. The van der Waals surface area contributed by atoms with Crippen LogP contribution in [0, 0.1) is 11.8 Å². The molecule has 1 atom stereocenters. The summed E-state index contributed by atoms with van der Waals surface area (Å²) in [6.45, 7) is 5.80. The number of rotatable bonds is 5. The monoisotopic (exact) mass is 203 g/mol. The maximum atomic E-state index is 10.9. The van der Waals surface area contributed by atoms with Crippen molar-refractivity contribution in [2.24, 2.45) is 11.8 Å². The first kappa shape index (κ1) is 12.7. The van der Waals surface area contributed by atoms with Crippen LogP contribution in [0.5, 0.6) is 0 Å². The van der Waals surface area contributed by atoms with Gasteiger partial charge < -0.3 is 15.2 Å². The molecule has 5 nitrogen and oxygen atoms in total. The van der Waals surface area contributed by atoms with E-state index in [2.05, 4.69) is 5.32 Å². The number of hydrogen-bond donors (Lipinski definition) is 2. The Bertz CT molecular complexity index is 203. The first-order valence-corrected chi connectivity index (χ1v) is 4.57. The summed E-state index contributed by atoms with van der Waals surface area (Å²) in [7, 11) is 0. The van der Waals surface area contributed by atoms with E-state index in [0.717, 1.165) is 0 Å². The Morgan fingerprint density at radius 1 is 1.36 bits per heavy atom. The molecule has 0 aromatic heterocycles. The molecule has 0 aromatic rings. The summed E-state index contributed by atoms with van der Waals surface area (Å²) < 4.78 is 4.79. The molecule has 1 amide bonds. The van der Waals surface area contributed by atoms with Gasteiger partial charge in [0, 0.05) is 6.54 Å². The second-order valence-electron chi connectivity index (χ2n) is 3.61. The number of carbonyl (C=O) groups is 2. The molecule has 0 aromatic carbocycles. The zero-order valence-corrected chi connectivity index (χ0v) is 8.74. The third kappa shape index (κ3) is 6.28. The fourth-order valence-electron chi connectivity index (χ4n) is 0.617. The lowest BCUT2D eigenvalue weighted by Crippen LogP contribution is -2.32. The fourth-order valence-corrected chi connectivity index (χ4v) is 0.617. The van der Waals surface area contributed by atoms with Crippen molar-refractivity contribution in [1.29, 1.82) is 0 Å². The van der Waals surface area contributed by atoms with Crippen LogP contribution in [0.2, 0.25) is 0 Å². The molecular formula is C9H17NO4. The van der Waals surface area contributed by atoms with Crippen LogP contribution < -0.4 is 5.32 Å². The van der Waals surface area contributed by atoms with Crippen molar-refractivity contribution in [3.05, 3.63) is 0 Å². The summed E-state index contributed by atoms with van der Waals surface area (Å²) in [5.74, 6) is -1.26. The summed E-state index contributed by atoms with van der Waals surface area (Å²) in [5, 5.41) is 10.9. The molecule has 0 fully saturated rings. The predicted octanol–water partition coefficient (Wildman–Crippen LogP) is 1.09. The molecule has 0 heterocycles. The van der Waals surface area contributed by atoms with Crippen molar-refractivity contribution in [1.82, 2.24) is 5.32 Å². The highest BCUT2D eigenvalue weighted by molar-refractivity contribution is 5.72. The highest BCUT2D eigenvalue weighted by Gasteiger charge is 2.12. The largest absolute Gasteiger partial charge is 0.481 e. The van der Waals surface area contributed by atoms with Crippen LogP contribution in [0.4, 0.5) is 4.79 Å². The second kappa shape index (κ2) is 6.23. The van der Waals surface area contributed by atoms with E-state index >= 15 is 0 Å². The molecule has 0 radical (unpaired) electrons. The topological polar surface area (TPSA) is 75.6 Å². The van der Waals surface area contributed by atoms with Crippen LogP contribution in [0.1, 0.15) is 20.8 Å². The van der Waals surface area contributed by atoms with Crippen LogP contribution in [-0.4, -0.2) is 30.3 Å². The first-order valence-electron chi connectivity index (χ1n) is 4.57. The summed E-state index contributed by atoms with van der Waals surface area (Å²) in [4.78, 5) is 21.3. The number of nitrogens with one attached hydrogen (secondary N) is 1. The molecule has 0 saturated carbocycles. The van der Waals surface area contributed by atoms with Crippen LogP contribution in [0.25, 0.3) is 0 Å². The smallest absolute Gasteiger partial charge is 0.407 e. The van der Waals surface area contributed by atoms with Crippen molar-refractivity contribution >= 4 is 12.1 Å². The molecule has 14 heavy (non-hydrogen) atoms. The third-order valence-electron chi connectivity index (χ3n) is 1.52. The van der Waals surface area contributed by atoms with Gasteiger partial charge in [-0.25, -0.2) is 4.79 Å². The van der Waals surface area contributed by atoms with Gasteiger partial charge in [0.05, 0.1) is 12.5 Å². The molecule has 0 saturated heterocycles. The maximum absolute atomic E-state index is 10.9. The number of aliphatic carboxylic acids is 1. The fraction of sp³-hybridized carbons (Fsp3) is 0.778. The summed E-state index contributed by atoms with van der Waals surface area (Å²) in [5.41, 5.74) is 0. The van der Waals surface area contributed by atoms with Crippen LogP contribution >= 0.6 is 0 Å². The number of carboxylic acids is 1. The van der Waals surface area contributed by atoms with E-state index in [9.17, 15) is 9.59 Å². The first-order chi connectivity index (χ1) is 6.43. The number of alkyl carbamates (subject to hydrolysis) is 1. The maximum Gasteiger partial charge on any atom is 0.407 e. The van der Waals surface area contributed by atoms with Gasteiger partial charge >= 0.3 is 12.1 Å². The van der Waals surface area contributed by atoms with E-state index in [1.807, 2.05) is 13.8 Å². The molecule has 82 valence electrons. The quantitative estimate of drug-likeness (QED) is 0.701. The van der Waals surface area contributed by atoms with Crippen molar-refractivity contribution in [3.63, 3.8) is 0 Å². The Morgan fingerprint density at radius 2 is 1.93 bits per heavy atom. The lowest BCUT2D eigenvalue weighted by Gasteiger charge is -2.10. The lowest BCUT2D eigenvalue weighted by atomic mass is 10.2. The standard InChI is InChI=1S/C9H17NO4/c1-6(2)5-14-9(13)10-4-7(3)8(11)12/h6-7H,4-5H2,1-3H3,(H,10,13)(H,11,12). The average Bonchev–Trinajstić information content (AvgIpc) is 2.10. The molecule has 0 rings (SSSR count). The normalized spacial score (nSPS) is 12.3. The Kier molecular flexibility index (Phi) is 5.67. The Balaban J connectivity index is 3.59. The molecule has 0 spiro atoms. The van der Waals surface area contributed by atoms with Gasteiger partial charge in [-0.2, -0.15) is 0 Å². The number of amides is 1. The van der Waals surface area contributed by atoms with Gasteiger partial charge in [0.25, 0.3) is 0 Å². The van der Waals surface area contributed by atoms with E-state index in [-0.39, 0.29) is 12.5 Å². The van der Waals surface area contributed by atoms with Crippen LogP contribution in [0.15, 0.2) is 0 Å². The van der Waals surface area contributed by atoms with Crippen LogP contribution in [-0.2, 0) is 9.53 Å². The number of carboxylic acid groups (broad SMARTS) is 1. The predicted molar refractivity (Wildman–Crippen MR) is 51.0 cm³/mol. The van der Waals surface area contributed by atoms with E-state index < -0.39 is 18.0 Å².